The Morgan fingerprint density at radius 2 is 1.28 bits per heavy atom. The quantitative estimate of drug-likeness (QED) is 0.147. The number of aliphatic hydroxyl groups excluding tert-OH is 9. The van der Waals surface area contributed by atoms with Gasteiger partial charge in [-0.15, -0.1) is 0 Å². The molecule has 0 aromatic heterocycles. The average molecular weight is 529 g/mol. The maximum atomic E-state index is 11.6. The first-order valence-electron chi connectivity index (χ1n) is 11.4. The highest BCUT2D eigenvalue weighted by molar-refractivity contribution is 5.73. The second-order valence-corrected chi connectivity index (χ2v) is 9.05. The molecule has 10 N–H and O–H groups in total. The molecule has 0 spiro atoms. The molecule has 3 heterocycles. The van der Waals surface area contributed by atoms with Gasteiger partial charge in [0.15, 0.2) is 18.9 Å². The van der Waals surface area contributed by atoms with Crippen molar-refractivity contribution in [3.63, 3.8) is 0 Å². The van der Waals surface area contributed by atoms with Crippen molar-refractivity contribution in [2.45, 2.75) is 106 Å². The molecular weight excluding hydrogens is 494 g/mol. The van der Waals surface area contributed by atoms with Gasteiger partial charge in [-0.25, -0.2) is 0 Å². The number of carbonyl (C=O) groups excluding carboxylic acids is 1. The summed E-state index contributed by atoms with van der Waals surface area (Å²) in [5, 5.41) is 93.7. The van der Waals surface area contributed by atoms with Crippen LogP contribution in [0.25, 0.3) is 0 Å². The summed E-state index contributed by atoms with van der Waals surface area (Å²) < 4.78 is 27.1. The van der Waals surface area contributed by atoms with Gasteiger partial charge in [0.2, 0.25) is 5.91 Å². The van der Waals surface area contributed by atoms with Gasteiger partial charge in [0.25, 0.3) is 0 Å². The highest BCUT2D eigenvalue weighted by atomic mass is 16.7. The SMILES string of the molecule is CC(=O)N[C@@H]1[C@@H](O[C@@H]2O[C@@H](C)[C@@H](O)[C@@H](O[C@H]3O[C@H](CO)[C@@H](O)[C@H](O)[C@@H]3O)[C@@H]2O)[C@H](O)[C@@H](CO)O[C@H]1O. The molecule has 15 atom stereocenters. The lowest BCUT2D eigenvalue weighted by Crippen LogP contribution is -2.68. The fourth-order valence-electron chi connectivity index (χ4n) is 4.39. The molecule has 36 heavy (non-hydrogen) atoms. The number of rotatable bonds is 7. The van der Waals surface area contributed by atoms with E-state index < -0.39 is 111 Å². The second kappa shape index (κ2) is 12.2. The Balaban J connectivity index is 1.80. The van der Waals surface area contributed by atoms with E-state index in [4.69, 9.17) is 23.7 Å². The van der Waals surface area contributed by atoms with E-state index in [1.54, 1.807) is 0 Å². The lowest BCUT2D eigenvalue weighted by atomic mass is 9.95. The van der Waals surface area contributed by atoms with Crippen molar-refractivity contribution >= 4 is 5.91 Å². The van der Waals surface area contributed by atoms with E-state index in [1.165, 1.54) is 6.92 Å². The van der Waals surface area contributed by atoms with Crippen molar-refractivity contribution in [3.8, 4) is 0 Å². The molecular formula is C20H35NO15. The van der Waals surface area contributed by atoms with Crippen LogP contribution in [-0.2, 0) is 28.5 Å². The topological polar surface area (TPSA) is 257 Å². The number of amides is 1. The summed E-state index contributed by atoms with van der Waals surface area (Å²) in [5.41, 5.74) is 0. The van der Waals surface area contributed by atoms with Crippen molar-refractivity contribution in [1.29, 1.82) is 0 Å². The Morgan fingerprint density at radius 1 is 0.722 bits per heavy atom. The molecule has 3 aliphatic heterocycles. The largest absolute Gasteiger partial charge is 0.394 e. The smallest absolute Gasteiger partial charge is 0.217 e. The summed E-state index contributed by atoms with van der Waals surface area (Å²) in [7, 11) is 0. The van der Waals surface area contributed by atoms with E-state index >= 15 is 0 Å². The first-order valence-corrected chi connectivity index (χ1v) is 11.4. The highest BCUT2D eigenvalue weighted by Crippen LogP contribution is 2.32. The van der Waals surface area contributed by atoms with Crippen molar-refractivity contribution in [2.24, 2.45) is 0 Å². The zero-order chi connectivity index (χ0) is 26.9. The lowest BCUT2D eigenvalue weighted by Gasteiger charge is -2.48. The van der Waals surface area contributed by atoms with Crippen molar-refractivity contribution in [1.82, 2.24) is 5.32 Å². The summed E-state index contributed by atoms with van der Waals surface area (Å²) >= 11 is 0. The van der Waals surface area contributed by atoms with Crippen LogP contribution >= 0.6 is 0 Å². The Morgan fingerprint density at radius 3 is 1.86 bits per heavy atom. The zero-order valence-electron chi connectivity index (χ0n) is 19.5. The molecule has 0 saturated carbocycles. The molecule has 0 radical (unpaired) electrons. The lowest BCUT2D eigenvalue weighted by molar-refractivity contribution is -0.370. The molecule has 0 unspecified atom stereocenters. The minimum Gasteiger partial charge on any atom is -0.394 e. The van der Waals surface area contributed by atoms with Gasteiger partial charge in [-0.05, 0) is 6.92 Å². The predicted molar refractivity (Wildman–Crippen MR) is 111 cm³/mol. The monoisotopic (exact) mass is 529 g/mol. The number of nitrogens with one attached hydrogen (secondary N) is 1. The average Bonchev–Trinajstić information content (AvgIpc) is 2.83. The molecule has 3 fully saturated rings. The van der Waals surface area contributed by atoms with E-state index in [0.29, 0.717) is 0 Å². The predicted octanol–water partition coefficient (Wildman–Crippen LogP) is -6.40. The van der Waals surface area contributed by atoms with E-state index in [-0.39, 0.29) is 0 Å². The van der Waals surface area contributed by atoms with Crippen LogP contribution in [0.1, 0.15) is 13.8 Å². The molecule has 16 heteroatoms. The molecule has 0 aromatic carbocycles. The molecule has 0 bridgehead atoms. The van der Waals surface area contributed by atoms with Crippen LogP contribution in [0.15, 0.2) is 0 Å². The fraction of sp³-hybridized carbons (Fsp3) is 0.950. The minimum absolute atomic E-state index is 0.608. The van der Waals surface area contributed by atoms with Gasteiger partial charge in [0.1, 0.15) is 67.1 Å². The van der Waals surface area contributed by atoms with E-state index in [9.17, 15) is 50.8 Å². The van der Waals surface area contributed by atoms with Crippen LogP contribution in [0.3, 0.4) is 0 Å². The number of aliphatic hydroxyl groups is 9. The molecule has 3 saturated heterocycles. The zero-order valence-corrected chi connectivity index (χ0v) is 19.5. The molecule has 3 aliphatic rings. The Hall–Kier alpha value is -1.09. The third-order valence-electron chi connectivity index (χ3n) is 6.46. The highest BCUT2D eigenvalue weighted by Gasteiger charge is 2.53. The Kier molecular flexibility index (Phi) is 9.97. The number of ether oxygens (including phenoxy) is 5. The van der Waals surface area contributed by atoms with E-state index in [1.807, 2.05) is 0 Å². The van der Waals surface area contributed by atoms with Crippen molar-refractivity contribution in [2.75, 3.05) is 13.2 Å². The normalized spacial score (nSPS) is 50.0. The summed E-state index contributed by atoms with van der Waals surface area (Å²) in [6.45, 7) is 1.10. The fourth-order valence-corrected chi connectivity index (χ4v) is 4.39. The van der Waals surface area contributed by atoms with Crippen LogP contribution in [-0.4, -0.2) is 157 Å². The second-order valence-electron chi connectivity index (χ2n) is 9.05. The van der Waals surface area contributed by atoms with E-state index in [0.717, 1.165) is 6.92 Å². The molecule has 210 valence electrons. The number of hydrogen-bond acceptors (Lipinski definition) is 15. The molecule has 0 aliphatic carbocycles. The van der Waals surface area contributed by atoms with Gasteiger partial charge in [-0.3, -0.25) is 4.79 Å². The van der Waals surface area contributed by atoms with Gasteiger partial charge >= 0.3 is 0 Å². The van der Waals surface area contributed by atoms with Crippen molar-refractivity contribution < 1.29 is 74.4 Å². The van der Waals surface area contributed by atoms with Crippen LogP contribution in [0.4, 0.5) is 0 Å². The Labute approximate surface area is 205 Å². The summed E-state index contributed by atoms with van der Waals surface area (Å²) in [6.07, 6.45) is -21.9. The van der Waals surface area contributed by atoms with Gasteiger partial charge < -0.3 is 75.0 Å². The molecule has 0 aromatic rings. The summed E-state index contributed by atoms with van der Waals surface area (Å²) in [5.74, 6) is -0.608. The maximum Gasteiger partial charge on any atom is 0.217 e. The van der Waals surface area contributed by atoms with Gasteiger partial charge in [0, 0.05) is 6.92 Å². The molecule has 16 nitrogen and oxygen atoms in total. The first kappa shape index (κ1) is 29.5. The van der Waals surface area contributed by atoms with E-state index in [2.05, 4.69) is 5.32 Å². The number of carbonyl (C=O) groups is 1. The Bertz CT molecular complexity index is 729. The van der Waals surface area contributed by atoms with Gasteiger partial charge in [0.05, 0.1) is 19.3 Å². The summed E-state index contributed by atoms with van der Waals surface area (Å²) in [6, 6.07) is -1.34. The van der Waals surface area contributed by atoms with Gasteiger partial charge in [-0.1, -0.05) is 0 Å². The maximum absolute atomic E-state index is 11.6. The third-order valence-corrected chi connectivity index (χ3v) is 6.46. The van der Waals surface area contributed by atoms with Crippen LogP contribution < -0.4 is 5.32 Å². The first-order chi connectivity index (χ1) is 16.9. The minimum atomic E-state index is -1.82. The third kappa shape index (κ3) is 5.97. The molecule has 3 rings (SSSR count). The number of hydrogen-bond donors (Lipinski definition) is 10. The van der Waals surface area contributed by atoms with Crippen molar-refractivity contribution in [3.05, 3.63) is 0 Å². The van der Waals surface area contributed by atoms with Gasteiger partial charge in [-0.2, -0.15) is 0 Å². The standard InChI is InChI=1S/C20H35NO15/c1-5-10(25)17(36-19-14(29)13(28)11(26)7(3-22)34-19)15(30)20(32-5)35-16-9(21-6(2)24)18(31)33-8(4-23)12(16)27/h5,7-20,22-23,25-31H,3-4H2,1-2H3,(H,21,24)/t5-,7+,8+,9+,10+,11+,12+,13-,14-,15-,16+,17+,18+,19+,20-/m0/s1. The van der Waals surface area contributed by atoms with Crippen LogP contribution in [0.5, 0.6) is 0 Å². The van der Waals surface area contributed by atoms with Crippen LogP contribution in [0.2, 0.25) is 0 Å². The summed E-state index contributed by atoms with van der Waals surface area (Å²) in [4.78, 5) is 11.6. The van der Waals surface area contributed by atoms with Crippen LogP contribution in [0, 0.1) is 0 Å². The molecule has 1 amide bonds.